The van der Waals surface area contributed by atoms with Crippen LogP contribution in [0.2, 0.25) is 0 Å². The molecule has 0 amide bonds. The van der Waals surface area contributed by atoms with Gasteiger partial charge in [0.2, 0.25) is 0 Å². The van der Waals surface area contributed by atoms with Gasteiger partial charge in [-0.2, -0.15) is 0 Å². The van der Waals surface area contributed by atoms with E-state index in [0.29, 0.717) is 12.3 Å². The van der Waals surface area contributed by atoms with Crippen molar-refractivity contribution in [2.24, 2.45) is 0 Å². The summed E-state index contributed by atoms with van der Waals surface area (Å²) in [5.41, 5.74) is 2.19. The Balaban J connectivity index is 1.84. The van der Waals surface area contributed by atoms with Gasteiger partial charge in [-0.3, -0.25) is 10.1 Å². The second-order valence-electron chi connectivity index (χ2n) is 4.72. The van der Waals surface area contributed by atoms with Gasteiger partial charge in [-0.1, -0.05) is 12.1 Å². The SMILES string of the molecule is O=[N+]([O-])c1ccc(CN2CCCNc3ccccc32)o1. The average molecular weight is 273 g/mol. The minimum Gasteiger partial charge on any atom is -0.404 e. The molecule has 0 fully saturated rings. The molecule has 1 aromatic heterocycles. The summed E-state index contributed by atoms with van der Waals surface area (Å²) in [5, 5.41) is 14.0. The molecule has 1 aliphatic rings. The Morgan fingerprint density at radius 1 is 1.30 bits per heavy atom. The van der Waals surface area contributed by atoms with Crippen LogP contribution in [0.25, 0.3) is 0 Å². The first kappa shape index (κ1) is 12.5. The fraction of sp³-hybridized carbons (Fsp3) is 0.286. The summed E-state index contributed by atoms with van der Waals surface area (Å²) in [4.78, 5) is 12.3. The zero-order valence-corrected chi connectivity index (χ0v) is 10.9. The number of nitro groups is 1. The van der Waals surface area contributed by atoms with E-state index in [9.17, 15) is 10.1 Å². The number of rotatable bonds is 3. The van der Waals surface area contributed by atoms with Gasteiger partial charge in [0, 0.05) is 13.1 Å². The Morgan fingerprint density at radius 3 is 2.95 bits per heavy atom. The molecule has 1 aromatic carbocycles. The molecular formula is C14H15N3O3. The Kier molecular flexibility index (Phi) is 3.28. The number of hydrogen-bond donors (Lipinski definition) is 1. The maximum Gasteiger partial charge on any atom is 0.433 e. The average Bonchev–Trinajstić information content (AvgIpc) is 2.82. The molecule has 104 valence electrons. The molecule has 0 saturated heterocycles. The number of hydrogen-bond acceptors (Lipinski definition) is 5. The number of nitrogens with one attached hydrogen (secondary N) is 1. The predicted molar refractivity (Wildman–Crippen MR) is 76.0 cm³/mol. The van der Waals surface area contributed by atoms with Gasteiger partial charge in [0.25, 0.3) is 0 Å². The molecule has 0 atom stereocenters. The third-order valence-corrected chi connectivity index (χ3v) is 3.34. The van der Waals surface area contributed by atoms with E-state index in [1.165, 1.54) is 6.07 Å². The summed E-state index contributed by atoms with van der Waals surface area (Å²) in [7, 11) is 0. The normalized spacial score (nSPS) is 14.3. The minimum absolute atomic E-state index is 0.207. The van der Waals surface area contributed by atoms with Crippen LogP contribution in [0.3, 0.4) is 0 Å². The van der Waals surface area contributed by atoms with Crippen LogP contribution < -0.4 is 10.2 Å². The number of furan rings is 1. The maximum atomic E-state index is 10.6. The van der Waals surface area contributed by atoms with Gasteiger partial charge in [0.05, 0.1) is 24.0 Å². The molecule has 1 aliphatic heterocycles. The topological polar surface area (TPSA) is 71.6 Å². The van der Waals surface area contributed by atoms with Gasteiger partial charge in [-0.15, -0.1) is 0 Å². The molecule has 6 heteroatoms. The van der Waals surface area contributed by atoms with Gasteiger partial charge < -0.3 is 14.6 Å². The van der Waals surface area contributed by atoms with Crippen LogP contribution in [0.4, 0.5) is 17.3 Å². The Morgan fingerprint density at radius 2 is 2.15 bits per heavy atom. The lowest BCUT2D eigenvalue weighted by Crippen LogP contribution is -2.22. The lowest BCUT2D eigenvalue weighted by molar-refractivity contribution is -0.402. The highest BCUT2D eigenvalue weighted by Crippen LogP contribution is 2.30. The molecule has 20 heavy (non-hydrogen) atoms. The Bertz CT molecular complexity index is 624. The lowest BCUT2D eigenvalue weighted by atomic mass is 10.2. The Hall–Kier alpha value is -2.50. The highest BCUT2D eigenvalue weighted by Gasteiger charge is 2.18. The summed E-state index contributed by atoms with van der Waals surface area (Å²) in [6.45, 7) is 2.34. The summed E-state index contributed by atoms with van der Waals surface area (Å²) >= 11 is 0. The molecule has 2 aromatic rings. The summed E-state index contributed by atoms with van der Waals surface area (Å²) in [6, 6.07) is 11.1. The fourth-order valence-corrected chi connectivity index (χ4v) is 2.41. The molecule has 1 N–H and O–H groups in total. The molecule has 0 bridgehead atoms. The molecule has 0 radical (unpaired) electrons. The molecule has 0 saturated carbocycles. The van der Waals surface area contributed by atoms with Crippen LogP contribution in [0.15, 0.2) is 40.8 Å². The molecule has 3 rings (SSSR count). The standard InChI is InChI=1S/C14H15N3O3/c18-17(19)14-7-6-11(20-14)10-16-9-3-8-15-12-4-1-2-5-13(12)16/h1-2,4-7,15H,3,8-10H2. The quantitative estimate of drug-likeness (QED) is 0.687. The van der Waals surface area contributed by atoms with E-state index in [1.807, 2.05) is 24.3 Å². The largest absolute Gasteiger partial charge is 0.433 e. The number of anilines is 2. The Labute approximate surface area is 116 Å². The number of nitrogens with zero attached hydrogens (tertiary/aromatic N) is 2. The monoisotopic (exact) mass is 273 g/mol. The smallest absolute Gasteiger partial charge is 0.404 e. The van der Waals surface area contributed by atoms with Gasteiger partial charge in [-0.05, 0) is 24.6 Å². The third-order valence-electron chi connectivity index (χ3n) is 3.34. The van der Waals surface area contributed by atoms with Gasteiger partial charge in [-0.25, -0.2) is 0 Å². The number of para-hydroxylation sites is 2. The van der Waals surface area contributed by atoms with Crippen molar-refractivity contribution >= 4 is 17.3 Å². The summed E-state index contributed by atoms with van der Waals surface area (Å²) in [6.07, 6.45) is 1.01. The van der Waals surface area contributed by atoms with Crippen molar-refractivity contribution in [1.29, 1.82) is 0 Å². The van der Waals surface area contributed by atoms with E-state index < -0.39 is 4.92 Å². The van der Waals surface area contributed by atoms with Crippen LogP contribution >= 0.6 is 0 Å². The first-order chi connectivity index (χ1) is 9.74. The lowest BCUT2D eigenvalue weighted by Gasteiger charge is -2.23. The highest BCUT2D eigenvalue weighted by molar-refractivity contribution is 5.70. The van der Waals surface area contributed by atoms with Crippen LogP contribution in [0.5, 0.6) is 0 Å². The van der Waals surface area contributed by atoms with Crippen LogP contribution in [-0.4, -0.2) is 18.0 Å². The van der Waals surface area contributed by atoms with Crippen molar-refractivity contribution in [1.82, 2.24) is 0 Å². The third kappa shape index (κ3) is 2.45. The van der Waals surface area contributed by atoms with Gasteiger partial charge in [0.15, 0.2) is 0 Å². The second kappa shape index (κ2) is 5.24. The van der Waals surface area contributed by atoms with E-state index in [-0.39, 0.29) is 5.88 Å². The van der Waals surface area contributed by atoms with Crippen LogP contribution in [0.1, 0.15) is 12.2 Å². The van der Waals surface area contributed by atoms with Gasteiger partial charge in [0.1, 0.15) is 10.7 Å². The molecule has 6 nitrogen and oxygen atoms in total. The number of benzene rings is 1. The van der Waals surface area contributed by atoms with Crippen LogP contribution in [-0.2, 0) is 6.54 Å². The zero-order valence-electron chi connectivity index (χ0n) is 10.9. The van der Waals surface area contributed by atoms with Crippen molar-refractivity contribution in [2.45, 2.75) is 13.0 Å². The summed E-state index contributed by atoms with van der Waals surface area (Å²) < 4.78 is 5.24. The first-order valence-corrected chi connectivity index (χ1v) is 6.55. The van der Waals surface area contributed by atoms with Crippen molar-refractivity contribution in [3.05, 3.63) is 52.3 Å². The molecule has 0 aliphatic carbocycles. The molecule has 0 spiro atoms. The summed E-state index contributed by atoms with van der Waals surface area (Å²) in [5.74, 6) is 0.398. The van der Waals surface area contributed by atoms with Gasteiger partial charge >= 0.3 is 5.88 Å². The molecular weight excluding hydrogens is 258 g/mol. The van der Waals surface area contributed by atoms with Crippen molar-refractivity contribution in [3.63, 3.8) is 0 Å². The van der Waals surface area contributed by atoms with E-state index in [0.717, 1.165) is 30.9 Å². The highest BCUT2D eigenvalue weighted by atomic mass is 16.6. The minimum atomic E-state index is -0.512. The molecule has 0 unspecified atom stereocenters. The molecule has 2 heterocycles. The van der Waals surface area contributed by atoms with Crippen LogP contribution in [0, 0.1) is 10.1 Å². The van der Waals surface area contributed by atoms with Crippen molar-refractivity contribution in [2.75, 3.05) is 23.3 Å². The maximum absolute atomic E-state index is 10.6. The second-order valence-corrected chi connectivity index (χ2v) is 4.72. The fourth-order valence-electron chi connectivity index (χ4n) is 2.41. The zero-order chi connectivity index (χ0) is 13.9. The van der Waals surface area contributed by atoms with E-state index >= 15 is 0 Å². The van der Waals surface area contributed by atoms with Crippen molar-refractivity contribution < 1.29 is 9.34 Å². The predicted octanol–water partition coefficient (Wildman–Crippen LogP) is 3.01. The van der Waals surface area contributed by atoms with E-state index in [2.05, 4.69) is 10.2 Å². The number of fused-ring (bicyclic) bond motifs is 1. The van der Waals surface area contributed by atoms with E-state index in [1.54, 1.807) is 6.07 Å². The van der Waals surface area contributed by atoms with E-state index in [4.69, 9.17) is 4.42 Å². The first-order valence-electron chi connectivity index (χ1n) is 6.55. The van der Waals surface area contributed by atoms with Crippen molar-refractivity contribution in [3.8, 4) is 0 Å².